The summed E-state index contributed by atoms with van der Waals surface area (Å²) in [6.45, 7) is 3.89. The Hall–Kier alpha value is -1.97. The molecule has 0 bridgehead atoms. The maximum absolute atomic E-state index is 11.8. The highest BCUT2D eigenvalue weighted by atomic mass is 16.7. The first kappa shape index (κ1) is 17.4. The van der Waals surface area contributed by atoms with Crippen LogP contribution in [0.3, 0.4) is 0 Å². The zero-order valence-electron chi connectivity index (χ0n) is 13.2. The van der Waals surface area contributed by atoms with Crippen LogP contribution in [0.15, 0.2) is 17.1 Å². The number of esters is 1. The molecule has 1 aromatic heterocycles. The van der Waals surface area contributed by atoms with Gasteiger partial charge in [-0.2, -0.15) is 4.98 Å². The second-order valence-electron chi connectivity index (χ2n) is 5.44. The van der Waals surface area contributed by atoms with E-state index in [1.54, 1.807) is 0 Å². The summed E-state index contributed by atoms with van der Waals surface area (Å²) in [5, 5.41) is 0. The number of ether oxygens (including phenoxy) is 3. The van der Waals surface area contributed by atoms with E-state index in [9.17, 15) is 9.59 Å². The molecule has 2 rings (SSSR count). The molecule has 1 aliphatic rings. The second kappa shape index (κ2) is 7.53. The molecule has 4 N–H and O–H groups in total. The van der Waals surface area contributed by atoms with Gasteiger partial charge in [-0.25, -0.2) is 4.79 Å². The predicted molar refractivity (Wildman–Crippen MR) is 81.2 cm³/mol. The molecule has 23 heavy (non-hydrogen) atoms. The Morgan fingerprint density at radius 1 is 1.61 bits per heavy atom. The van der Waals surface area contributed by atoms with Crippen molar-refractivity contribution in [1.82, 2.24) is 9.55 Å². The summed E-state index contributed by atoms with van der Waals surface area (Å²) >= 11 is 0. The monoisotopic (exact) mass is 326 g/mol. The third kappa shape index (κ3) is 4.27. The number of rotatable bonds is 6. The fourth-order valence-corrected chi connectivity index (χ4v) is 2.05. The number of aromatic nitrogens is 2. The Labute approximate surface area is 133 Å². The van der Waals surface area contributed by atoms with Crippen LogP contribution >= 0.6 is 0 Å². The summed E-state index contributed by atoms with van der Waals surface area (Å²) in [6, 6.07) is 0.810. The highest BCUT2D eigenvalue weighted by Gasteiger charge is 2.30. The zero-order valence-corrected chi connectivity index (χ0v) is 13.2. The molecule has 0 saturated carbocycles. The van der Waals surface area contributed by atoms with Crippen molar-refractivity contribution < 1.29 is 19.0 Å². The van der Waals surface area contributed by atoms with Gasteiger partial charge in [0.1, 0.15) is 18.5 Å². The summed E-state index contributed by atoms with van der Waals surface area (Å²) in [5.74, 6) is -0.337. The minimum absolute atomic E-state index is 0.0279. The minimum atomic E-state index is -0.752. The van der Waals surface area contributed by atoms with Crippen LogP contribution in [-0.2, 0) is 19.0 Å². The van der Waals surface area contributed by atoms with Crippen molar-refractivity contribution in [3.8, 4) is 0 Å². The van der Waals surface area contributed by atoms with E-state index < -0.39 is 30.2 Å². The van der Waals surface area contributed by atoms with E-state index in [1.807, 2.05) is 13.8 Å². The molecule has 9 heteroatoms. The Morgan fingerprint density at radius 2 is 2.35 bits per heavy atom. The van der Waals surface area contributed by atoms with Crippen molar-refractivity contribution in [3.63, 3.8) is 0 Å². The lowest BCUT2D eigenvalue weighted by Crippen LogP contribution is -2.39. The molecule has 4 atom stereocenters. The first-order chi connectivity index (χ1) is 10.9. The van der Waals surface area contributed by atoms with Gasteiger partial charge in [0.25, 0.3) is 0 Å². The number of anilines is 1. The van der Waals surface area contributed by atoms with Gasteiger partial charge >= 0.3 is 11.7 Å². The molecule has 1 aromatic rings. The Balaban J connectivity index is 1.86. The quantitative estimate of drug-likeness (QED) is 0.676. The number of carbonyl (C=O) groups is 1. The lowest BCUT2D eigenvalue weighted by Gasteiger charge is -2.18. The molecule has 0 radical (unpaired) electrons. The van der Waals surface area contributed by atoms with Gasteiger partial charge in [0.05, 0.1) is 6.61 Å². The van der Waals surface area contributed by atoms with Crippen molar-refractivity contribution in [2.24, 2.45) is 11.7 Å². The molecule has 9 nitrogen and oxygen atoms in total. The second-order valence-corrected chi connectivity index (χ2v) is 5.44. The van der Waals surface area contributed by atoms with Crippen LogP contribution in [0.1, 0.15) is 26.5 Å². The summed E-state index contributed by atoms with van der Waals surface area (Å²) in [4.78, 5) is 27.2. The molecule has 1 fully saturated rings. The third-order valence-electron chi connectivity index (χ3n) is 3.79. The van der Waals surface area contributed by atoms with Gasteiger partial charge in [-0.1, -0.05) is 20.3 Å². The number of hydrogen-bond donors (Lipinski definition) is 2. The fourth-order valence-electron chi connectivity index (χ4n) is 2.05. The van der Waals surface area contributed by atoms with Gasteiger partial charge in [-0.15, -0.1) is 0 Å². The van der Waals surface area contributed by atoms with E-state index in [0.29, 0.717) is 0 Å². The van der Waals surface area contributed by atoms with E-state index in [-0.39, 0.29) is 24.9 Å². The lowest BCUT2D eigenvalue weighted by molar-refractivity contribution is -0.161. The van der Waals surface area contributed by atoms with Crippen molar-refractivity contribution in [2.45, 2.75) is 38.8 Å². The molecule has 1 saturated heterocycles. The Morgan fingerprint density at radius 3 is 3.00 bits per heavy atom. The molecule has 0 aromatic carbocycles. The van der Waals surface area contributed by atoms with Crippen LogP contribution < -0.4 is 17.2 Å². The van der Waals surface area contributed by atoms with Gasteiger partial charge in [0.15, 0.2) is 12.5 Å². The largest absolute Gasteiger partial charge is 0.459 e. The van der Waals surface area contributed by atoms with Crippen LogP contribution in [0, 0.1) is 5.92 Å². The number of nitrogen functional groups attached to an aromatic ring is 1. The van der Waals surface area contributed by atoms with E-state index in [0.717, 1.165) is 6.42 Å². The normalized spacial score (nSPS) is 23.4. The molecule has 2 unspecified atom stereocenters. The van der Waals surface area contributed by atoms with Crippen LogP contribution in [0.25, 0.3) is 0 Å². The number of nitrogens with two attached hydrogens (primary N) is 2. The number of carbonyl (C=O) groups excluding carboxylic acids is 1. The van der Waals surface area contributed by atoms with Crippen molar-refractivity contribution in [3.05, 3.63) is 22.7 Å². The van der Waals surface area contributed by atoms with Crippen molar-refractivity contribution in [1.29, 1.82) is 0 Å². The lowest BCUT2D eigenvalue weighted by atomic mass is 10.0. The van der Waals surface area contributed by atoms with E-state index in [4.69, 9.17) is 25.7 Å². The molecule has 0 aliphatic carbocycles. The average molecular weight is 326 g/mol. The summed E-state index contributed by atoms with van der Waals surface area (Å²) < 4.78 is 17.3. The van der Waals surface area contributed by atoms with Gasteiger partial charge in [-0.3, -0.25) is 9.36 Å². The first-order valence-electron chi connectivity index (χ1n) is 7.46. The first-order valence-corrected chi connectivity index (χ1v) is 7.46. The maximum Gasteiger partial charge on any atom is 0.351 e. The Kier molecular flexibility index (Phi) is 5.69. The summed E-state index contributed by atoms with van der Waals surface area (Å²) in [7, 11) is 0. The minimum Gasteiger partial charge on any atom is -0.459 e. The van der Waals surface area contributed by atoms with Crippen LogP contribution in [0.2, 0.25) is 0 Å². The molecule has 0 amide bonds. The Bertz CT molecular complexity index is 605. The van der Waals surface area contributed by atoms with Gasteiger partial charge in [0.2, 0.25) is 0 Å². The van der Waals surface area contributed by atoms with Gasteiger partial charge in [-0.05, 0) is 12.0 Å². The van der Waals surface area contributed by atoms with Crippen molar-refractivity contribution in [2.75, 3.05) is 18.9 Å². The topological polar surface area (TPSA) is 132 Å². The molecular weight excluding hydrogens is 304 g/mol. The predicted octanol–water partition coefficient (Wildman–Crippen LogP) is -0.386. The summed E-state index contributed by atoms with van der Waals surface area (Å²) in [6.07, 6.45) is 0.869. The van der Waals surface area contributed by atoms with Crippen molar-refractivity contribution >= 4 is 11.8 Å². The smallest absolute Gasteiger partial charge is 0.351 e. The van der Waals surface area contributed by atoms with E-state index >= 15 is 0 Å². The van der Waals surface area contributed by atoms with E-state index in [1.165, 1.54) is 16.8 Å². The van der Waals surface area contributed by atoms with Gasteiger partial charge in [0, 0.05) is 6.20 Å². The molecule has 1 aliphatic heterocycles. The SMILES string of the molecule is CCC(C)C(N)C(=O)OC[C@@H]1OC[C@H](n2ccc(N)nc2=O)O1. The number of hydrogen-bond acceptors (Lipinski definition) is 8. The maximum atomic E-state index is 11.8. The third-order valence-corrected chi connectivity index (χ3v) is 3.79. The highest BCUT2D eigenvalue weighted by molar-refractivity contribution is 5.75. The molecule has 0 spiro atoms. The van der Waals surface area contributed by atoms with Gasteiger partial charge < -0.3 is 25.7 Å². The molecule has 128 valence electrons. The summed E-state index contributed by atoms with van der Waals surface area (Å²) in [5.41, 5.74) is 10.7. The van der Waals surface area contributed by atoms with E-state index in [2.05, 4.69) is 4.98 Å². The van der Waals surface area contributed by atoms with Crippen LogP contribution in [-0.4, -0.2) is 41.1 Å². The average Bonchev–Trinajstić information content (AvgIpc) is 2.99. The molecular formula is C14H22N4O5. The van der Waals surface area contributed by atoms with Crippen LogP contribution in [0.5, 0.6) is 0 Å². The number of nitrogens with zero attached hydrogens (tertiary/aromatic N) is 2. The zero-order chi connectivity index (χ0) is 17.0. The molecule has 2 heterocycles. The fraction of sp³-hybridized carbons (Fsp3) is 0.643. The van der Waals surface area contributed by atoms with Crippen LogP contribution in [0.4, 0.5) is 5.82 Å². The standard InChI is InChI=1S/C14H22N4O5/c1-3-8(2)12(16)13(19)22-7-11-21-6-10(23-11)18-5-4-9(15)17-14(18)20/h4-5,8,10-12H,3,6-7,16H2,1-2H3,(H2,15,17,20)/t8?,10-,11-,12?/m1/s1. The highest BCUT2D eigenvalue weighted by Crippen LogP contribution is 2.20.